The fourth-order valence-corrected chi connectivity index (χ4v) is 1.80. The van der Waals surface area contributed by atoms with Crippen molar-refractivity contribution in [3.05, 3.63) is 35.4 Å². The Morgan fingerprint density at radius 2 is 1.95 bits per heavy atom. The minimum atomic E-state index is -0.559. The maximum atomic E-state index is 13.7. The van der Waals surface area contributed by atoms with Gasteiger partial charge in [-0.25, -0.2) is 8.78 Å². The highest BCUT2D eigenvalue weighted by atomic mass is 19.1. The van der Waals surface area contributed by atoms with E-state index in [0.29, 0.717) is 18.1 Å². The summed E-state index contributed by atoms with van der Waals surface area (Å²) in [6, 6.07) is 3.67. The zero-order valence-corrected chi connectivity index (χ0v) is 12.7. The second-order valence-electron chi connectivity index (χ2n) is 5.89. The highest BCUT2D eigenvalue weighted by molar-refractivity contribution is 5.80. The number of benzene rings is 1. The van der Waals surface area contributed by atoms with Crippen LogP contribution in [0.15, 0.2) is 23.2 Å². The van der Waals surface area contributed by atoms with Crippen molar-refractivity contribution in [3.8, 4) is 0 Å². The molecule has 0 bridgehead atoms. The van der Waals surface area contributed by atoms with E-state index in [2.05, 4.69) is 15.6 Å². The van der Waals surface area contributed by atoms with E-state index in [0.717, 1.165) is 6.07 Å². The Balaban J connectivity index is 2.64. The van der Waals surface area contributed by atoms with Crippen LogP contribution in [0.5, 0.6) is 0 Å². The molecule has 112 valence electrons. The summed E-state index contributed by atoms with van der Waals surface area (Å²) in [7, 11) is 1.68. The summed E-state index contributed by atoms with van der Waals surface area (Å²) in [5.41, 5.74) is 0.386. The van der Waals surface area contributed by atoms with Crippen molar-refractivity contribution in [2.24, 2.45) is 4.99 Å². The molecule has 5 heteroatoms. The van der Waals surface area contributed by atoms with E-state index in [9.17, 15) is 8.78 Å². The number of rotatable bonds is 3. The summed E-state index contributed by atoms with van der Waals surface area (Å²) < 4.78 is 26.5. The van der Waals surface area contributed by atoms with Gasteiger partial charge in [0.2, 0.25) is 0 Å². The molecular formula is C15H23F2N3. The van der Waals surface area contributed by atoms with Crippen molar-refractivity contribution < 1.29 is 8.78 Å². The molecule has 0 fully saturated rings. The molecule has 0 heterocycles. The first-order chi connectivity index (χ1) is 9.23. The van der Waals surface area contributed by atoms with Crippen molar-refractivity contribution in [1.29, 1.82) is 0 Å². The quantitative estimate of drug-likeness (QED) is 0.661. The minimum Gasteiger partial charge on any atom is -0.356 e. The number of guanidine groups is 1. The number of nitrogens with one attached hydrogen (secondary N) is 2. The number of nitrogens with zero attached hydrogens (tertiary/aromatic N) is 1. The Kier molecular flexibility index (Phi) is 5.48. The van der Waals surface area contributed by atoms with Crippen LogP contribution in [0.25, 0.3) is 0 Å². The molecule has 0 aliphatic heterocycles. The van der Waals surface area contributed by atoms with Gasteiger partial charge in [-0.1, -0.05) is 13.0 Å². The lowest BCUT2D eigenvalue weighted by Gasteiger charge is -2.25. The van der Waals surface area contributed by atoms with Crippen LogP contribution < -0.4 is 10.6 Å². The molecule has 1 rings (SSSR count). The summed E-state index contributed by atoms with van der Waals surface area (Å²) in [4.78, 5) is 4.12. The van der Waals surface area contributed by atoms with E-state index in [1.165, 1.54) is 12.1 Å². The maximum absolute atomic E-state index is 13.7. The molecule has 0 aromatic heterocycles. The number of hydrogen-bond donors (Lipinski definition) is 2. The molecule has 1 unspecified atom stereocenters. The molecule has 0 saturated heterocycles. The summed E-state index contributed by atoms with van der Waals surface area (Å²) in [5, 5.41) is 6.37. The lowest BCUT2D eigenvalue weighted by atomic mass is 10.0. The topological polar surface area (TPSA) is 36.4 Å². The number of hydrogen-bond acceptors (Lipinski definition) is 1. The van der Waals surface area contributed by atoms with Gasteiger partial charge in [0, 0.05) is 31.1 Å². The Morgan fingerprint density at radius 3 is 2.45 bits per heavy atom. The summed E-state index contributed by atoms with van der Waals surface area (Å²) in [5.74, 6) is -0.504. The molecule has 0 radical (unpaired) electrons. The SMILES string of the molecule is CN=C(NCC(C)c1ccc(F)cc1F)NC(C)(C)C. The number of halogens is 2. The molecule has 1 aromatic carbocycles. The van der Waals surface area contributed by atoms with Crippen molar-refractivity contribution >= 4 is 5.96 Å². The Labute approximate surface area is 119 Å². The van der Waals surface area contributed by atoms with E-state index >= 15 is 0 Å². The Morgan fingerprint density at radius 1 is 1.30 bits per heavy atom. The van der Waals surface area contributed by atoms with Crippen molar-refractivity contribution in [2.75, 3.05) is 13.6 Å². The molecule has 0 aliphatic rings. The second kappa shape index (κ2) is 6.68. The first kappa shape index (κ1) is 16.4. The third-order valence-electron chi connectivity index (χ3n) is 2.79. The van der Waals surface area contributed by atoms with Gasteiger partial charge in [-0.2, -0.15) is 0 Å². The average molecular weight is 283 g/mol. The predicted molar refractivity (Wildman–Crippen MR) is 79.0 cm³/mol. The van der Waals surface area contributed by atoms with Gasteiger partial charge in [-0.05, 0) is 32.4 Å². The van der Waals surface area contributed by atoms with Crippen LogP contribution >= 0.6 is 0 Å². The van der Waals surface area contributed by atoms with Crippen molar-refractivity contribution in [1.82, 2.24) is 10.6 Å². The summed E-state index contributed by atoms with van der Waals surface area (Å²) >= 11 is 0. The van der Waals surface area contributed by atoms with Gasteiger partial charge >= 0.3 is 0 Å². The molecule has 1 aromatic rings. The number of aliphatic imine (C=N–C) groups is 1. The zero-order chi connectivity index (χ0) is 15.3. The monoisotopic (exact) mass is 283 g/mol. The lowest BCUT2D eigenvalue weighted by molar-refractivity contribution is 0.498. The van der Waals surface area contributed by atoms with Gasteiger partial charge in [0.1, 0.15) is 11.6 Å². The van der Waals surface area contributed by atoms with Crippen molar-refractivity contribution in [2.45, 2.75) is 39.2 Å². The highest BCUT2D eigenvalue weighted by Crippen LogP contribution is 2.19. The van der Waals surface area contributed by atoms with Crippen LogP contribution in [-0.2, 0) is 0 Å². The first-order valence-corrected chi connectivity index (χ1v) is 6.66. The van der Waals surface area contributed by atoms with Crippen LogP contribution in [0, 0.1) is 11.6 Å². The van der Waals surface area contributed by atoms with Gasteiger partial charge in [-0.3, -0.25) is 4.99 Å². The maximum Gasteiger partial charge on any atom is 0.191 e. The molecule has 1 atom stereocenters. The van der Waals surface area contributed by atoms with E-state index in [4.69, 9.17) is 0 Å². The smallest absolute Gasteiger partial charge is 0.191 e. The third kappa shape index (κ3) is 5.15. The molecule has 3 nitrogen and oxygen atoms in total. The fraction of sp³-hybridized carbons (Fsp3) is 0.533. The molecule has 0 amide bonds. The first-order valence-electron chi connectivity index (χ1n) is 6.66. The summed E-state index contributed by atoms with van der Waals surface area (Å²) in [6.07, 6.45) is 0. The minimum absolute atomic E-state index is 0.0888. The largest absolute Gasteiger partial charge is 0.356 e. The highest BCUT2D eigenvalue weighted by Gasteiger charge is 2.15. The molecule has 2 N–H and O–H groups in total. The van der Waals surface area contributed by atoms with Crippen LogP contribution in [0.3, 0.4) is 0 Å². The van der Waals surface area contributed by atoms with Gasteiger partial charge in [-0.15, -0.1) is 0 Å². The van der Waals surface area contributed by atoms with Crippen molar-refractivity contribution in [3.63, 3.8) is 0 Å². The lowest BCUT2D eigenvalue weighted by Crippen LogP contribution is -2.48. The van der Waals surface area contributed by atoms with Crippen LogP contribution in [0.1, 0.15) is 39.2 Å². The third-order valence-corrected chi connectivity index (χ3v) is 2.79. The van der Waals surface area contributed by atoms with E-state index < -0.39 is 11.6 Å². The second-order valence-corrected chi connectivity index (χ2v) is 5.89. The Bertz CT molecular complexity index is 478. The van der Waals surface area contributed by atoms with E-state index in [1.807, 2.05) is 27.7 Å². The van der Waals surface area contributed by atoms with Gasteiger partial charge in [0.15, 0.2) is 5.96 Å². The zero-order valence-electron chi connectivity index (χ0n) is 12.7. The van der Waals surface area contributed by atoms with Crippen LogP contribution in [0.2, 0.25) is 0 Å². The molecule has 0 spiro atoms. The molecule has 0 saturated carbocycles. The predicted octanol–water partition coefficient (Wildman–Crippen LogP) is 3.03. The van der Waals surface area contributed by atoms with Gasteiger partial charge in [0.25, 0.3) is 0 Å². The van der Waals surface area contributed by atoms with Gasteiger partial charge < -0.3 is 10.6 Å². The van der Waals surface area contributed by atoms with E-state index in [-0.39, 0.29) is 11.5 Å². The fourth-order valence-electron chi connectivity index (χ4n) is 1.80. The molecular weight excluding hydrogens is 260 g/mol. The average Bonchev–Trinajstić information content (AvgIpc) is 2.32. The Hall–Kier alpha value is -1.65. The van der Waals surface area contributed by atoms with Gasteiger partial charge in [0.05, 0.1) is 0 Å². The van der Waals surface area contributed by atoms with Crippen LogP contribution in [0.4, 0.5) is 8.78 Å². The normalized spacial score (nSPS) is 14.1. The van der Waals surface area contributed by atoms with E-state index in [1.54, 1.807) is 7.05 Å². The summed E-state index contributed by atoms with van der Waals surface area (Å²) in [6.45, 7) is 8.49. The molecule has 0 aliphatic carbocycles. The standard InChI is InChI=1S/C15H23F2N3/c1-10(12-7-6-11(16)8-13(12)17)9-19-14(18-5)20-15(2,3)4/h6-8,10H,9H2,1-5H3,(H2,18,19,20). The molecule has 20 heavy (non-hydrogen) atoms. The van der Waals surface area contributed by atoms with Crippen LogP contribution in [-0.4, -0.2) is 25.1 Å².